The highest BCUT2D eigenvalue weighted by molar-refractivity contribution is 5.97. The minimum absolute atomic E-state index is 0.113. The number of halogens is 2. The predicted octanol–water partition coefficient (Wildman–Crippen LogP) is 3.24. The van der Waals surface area contributed by atoms with Crippen molar-refractivity contribution in [3.05, 3.63) is 65.2 Å². The summed E-state index contributed by atoms with van der Waals surface area (Å²) < 4.78 is 31.1. The van der Waals surface area contributed by atoms with Crippen LogP contribution in [0.15, 0.2) is 42.5 Å². The van der Waals surface area contributed by atoms with Gasteiger partial charge in [0, 0.05) is 30.4 Å². The van der Waals surface area contributed by atoms with Crippen LogP contribution in [0.25, 0.3) is 0 Å². The van der Waals surface area contributed by atoms with E-state index in [4.69, 9.17) is 4.74 Å². The van der Waals surface area contributed by atoms with Crippen molar-refractivity contribution in [2.24, 2.45) is 0 Å². The average molecular weight is 390 g/mol. The molecule has 0 aliphatic heterocycles. The van der Waals surface area contributed by atoms with Crippen molar-refractivity contribution in [2.75, 3.05) is 25.0 Å². The van der Waals surface area contributed by atoms with E-state index in [0.29, 0.717) is 30.4 Å². The van der Waals surface area contributed by atoms with E-state index in [1.807, 2.05) is 13.8 Å². The van der Waals surface area contributed by atoms with Gasteiger partial charge in [-0.2, -0.15) is 0 Å². The second-order valence-electron chi connectivity index (χ2n) is 5.80. The highest BCUT2D eigenvalue weighted by Gasteiger charge is 2.16. The van der Waals surface area contributed by atoms with Crippen molar-refractivity contribution in [1.82, 2.24) is 4.90 Å². The molecule has 2 amide bonds. The van der Waals surface area contributed by atoms with Crippen LogP contribution < -0.4 is 5.32 Å². The maximum Gasteiger partial charge on any atom is 0.341 e. The fraction of sp³-hybridized carbons (Fsp3) is 0.250. The molecule has 28 heavy (non-hydrogen) atoms. The van der Waals surface area contributed by atoms with E-state index in [-0.39, 0.29) is 5.91 Å². The van der Waals surface area contributed by atoms with Crippen LogP contribution in [0.4, 0.5) is 14.5 Å². The first-order valence-corrected chi connectivity index (χ1v) is 8.67. The predicted molar refractivity (Wildman–Crippen MR) is 99.0 cm³/mol. The first-order valence-electron chi connectivity index (χ1n) is 8.67. The Morgan fingerprint density at radius 2 is 1.64 bits per heavy atom. The van der Waals surface area contributed by atoms with E-state index in [2.05, 4.69) is 5.32 Å². The lowest BCUT2D eigenvalue weighted by Gasteiger charge is -2.18. The van der Waals surface area contributed by atoms with Crippen molar-refractivity contribution >= 4 is 23.5 Å². The van der Waals surface area contributed by atoms with Crippen LogP contribution in [0.3, 0.4) is 0 Å². The zero-order valence-electron chi connectivity index (χ0n) is 15.5. The molecule has 2 aromatic rings. The van der Waals surface area contributed by atoms with Crippen molar-refractivity contribution in [2.45, 2.75) is 13.8 Å². The van der Waals surface area contributed by atoms with E-state index >= 15 is 0 Å². The molecule has 148 valence electrons. The second-order valence-corrected chi connectivity index (χ2v) is 5.80. The zero-order chi connectivity index (χ0) is 20.7. The Morgan fingerprint density at radius 1 is 1.00 bits per heavy atom. The SMILES string of the molecule is CCN(CC)C(=O)c1ccc(NC(=O)COC(=O)c2ccc(F)cc2F)cc1. The summed E-state index contributed by atoms with van der Waals surface area (Å²) in [5.41, 5.74) is 0.429. The molecule has 2 rings (SSSR count). The van der Waals surface area contributed by atoms with E-state index in [1.54, 1.807) is 29.2 Å². The lowest BCUT2D eigenvalue weighted by atomic mass is 10.2. The number of nitrogens with one attached hydrogen (secondary N) is 1. The van der Waals surface area contributed by atoms with Crippen molar-refractivity contribution in [3.63, 3.8) is 0 Å². The van der Waals surface area contributed by atoms with Gasteiger partial charge >= 0.3 is 5.97 Å². The van der Waals surface area contributed by atoms with Crippen molar-refractivity contribution < 1.29 is 27.9 Å². The molecule has 6 nitrogen and oxygen atoms in total. The summed E-state index contributed by atoms with van der Waals surface area (Å²) >= 11 is 0. The van der Waals surface area contributed by atoms with Gasteiger partial charge in [-0.3, -0.25) is 9.59 Å². The lowest BCUT2D eigenvalue weighted by Crippen LogP contribution is -2.30. The molecule has 0 saturated carbocycles. The topological polar surface area (TPSA) is 75.7 Å². The van der Waals surface area contributed by atoms with Gasteiger partial charge in [-0.25, -0.2) is 13.6 Å². The molecular weight excluding hydrogens is 370 g/mol. The quantitative estimate of drug-likeness (QED) is 0.737. The highest BCUT2D eigenvalue weighted by Crippen LogP contribution is 2.13. The molecule has 0 spiro atoms. The number of benzene rings is 2. The first-order chi connectivity index (χ1) is 13.3. The molecule has 0 radical (unpaired) electrons. The summed E-state index contributed by atoms with van der Waals surface area (Å²) in [4.78, 5) is 37.6. The van der Waals surface area contributed by atoms with Gasteiger partial charge in [0.2, 0.25) is 0 Å². The van der Waals surface area contributed by atoms with Gasteiger partial charge in [-0.1, -0.05) is 0 Å². The van der Waals surface area contributed by atoms with Gasteiger partial charge in [-0.05, 0) is 50.2 Å². The third-order valence-corrected chi connectivity index (χ3v) is 3.95. The van der Waals surface area contributed by atoms with Crippen LogP contribution in [0, 0.1) is 11.6 Å². The molecule has 8 heteroatoms. The molecule has 2 aromatic carbocycles. The van der Waals surface area contributed by atoms with Crippen LogP contribution in [0.1, 0.15) is 34.6 Å². The summed E-state index contributed by atoms with van der Waals surface area (Å²) in [5.74, 6) is -3.72. The highest BCUT2D eigenvalue weighted by atomic mass is 19.1. The number of rotatable bonds is 7. The van der Waals surface area contributed by atoms with E-state index in [1.165, 1.54) is 0 Å². The summed E-state index contributed by atoms with van der Waals surface area (Å²) in [6.45, 7) is 4.31. The maximum absolute atomic E-state index is 13.5. The largest absolute Gasteiger partial charge is 0.452 e. The van der Waals surface area contributed by atoms with E-state index in [0.717, 1.165) is 12.1 Å². The molecule has 0 atom stereocenters. The molecule has 1 N–H and O–H groups in total. The van der Waals surface area contributed by atoms with Crippen molar-refractivity contribution in [1.29, 1.82) is 0 Å². The zero-order valence-corrected chi connectivity index (χ0v) is 15.5. The Balaban J connectivity index is 1.91. The molecule has 0 aliphatic rings. The Hall–Kier alpha value is -3.29. The normalized spacial score (nSPS) is 10.3. The summed E-state index contributed by atoms with van der Waals surface area (Å²) in [6, 6.07) is 8.67. The Labute approximate surface area is 161 Å². The fourth-order valence-corrected chi connectivity index (χ4v) is 2.45. The average Bonchev–Trinajstić information content (AvgIpc) is 2.67. The minimum Gasteiger partial charge on any atom is -0.452 e. The van der Waals surface area contributed by atoms with Crippen LogP contribution in [0.5, 0.6) is 0 Å². The van der Waals surface area contributed by atoms with E-state index < -0.39 is 35.7 Å². The number of nitrogens with zero attached hydrogens (tertiary/aromatic N) is 1. The monoisotopic (exact) mass is 390 g/mol. The number of hydrogen-bond donors (Lipinski definition) is 1. The van der Waals surface area contributed by atoms with Crippen LogP contribution >= 0.6 is 0 Å². The van der Waals surface area contributed by atoms with Gasteiger partial charge < -0.3 is 15.0 Å². The van der Waals surface area contributed by atoms with Gasteiger partial charge in [0.1, 0.15) is 11.6 Å². The molecular formula is C20H20F2N2O4. The van der Waals surface area contributed by atoms with Crippen LogP contribution in [-0.4, -0.2) is 42.4 Å². The molecule has 0 bridgehead atoms. The lowest BCUT2D eigenvalue weighted by molar-refractivity contribution is -0.119. The molecule has 0 aromatic heterocycles. The summed E-state index contributed by atoms with van der Waals surface area (Å²) in [7, 11) is 0. The number of amides is 2. The standard InChI is InChI=1S/C20H20F2N2O4/c1-3-24(4-2)19(26)13-5-8-15(9-6-13)23-18(25)12-28-20(27)16-10-7-14(21)11-17(16)22/h5-11H,3-4,12H2,1-2H3,(H,23,25). The molecule has 0 fully saturated rings. The maximum atomic E-state index is 13.5. The van der Waals surface area contributed by atoms with Crippen LogP contribution in [0.2, 0.25) is 0 Å². The van der Waals surface area contributed by atoms with E-state index in [9.17, 15) is 23.2 Å². The van der Waals surface area contributed by atoms with Crippen LogP contribution in [-0.2, 0) is 9.53 Å². The van der Waals surface area contributed by atoms with Gasteiger partial charge in [-0.15, -0.1) is 0 Å². The number of esters is 1. The number of anilines is 1. The van der Waals surface area contributed by atoms with Gasteiger partial charge in [0.25, 0.3) is 11.8 Å². The Bertz CT molecular complexity index is 865. The number of hydrogen-bond acceptors (Lipinski definition) is 4. The smallest absolute Gasteiger partial charge is 0.341 e. The third-order valence-electron chi connectivity index (χ3n) is 3.95. The Morgan fingerprint density at radius 3 is 2.21 bits per heavy atom. The number of carbonyl (C=O) groups excluding carboxylic acids is 3. The third kappa shape index (κ3) is 5.35. The first kappa shape index (κ1) is 21.0. The fourth-order valence-electron chi connectivity index (χ4n) is 2.45. The summed E-state index contributed by atoms with van der Waals surface area (Å²) in [5, 5.41) is 2.50. The van der Waals surface area contributed by atoms with Gasteiger partial charge in [0.15, 0.2) is 6.61 Å². The molecule has 0 unspecified atom stereocenters. The molecule has 0 aliphatic carbocycles. The number of ether oxygens (including phenoxy) is 1. The second kappa shape index (κ2) is 9.59. The van der Waals surface area contributed by atoms with Gasteiger partial charge in [0.05, 0.1) is 5.56 Å². The summed E-state index contributed by atoms with van der Waals surface area (Å²) in [6.07, 6.45) is 0. The van der Waals surface area contributed by atoms with Crippen molar-refractivity contribution in [3.8, 4) is 0 Å². The molecule has 0 heterocycles. The molecule has 0 saturated heterocycles. The number of carbonyl (C=O) groups is 3. The minimum atomic E-state index is -1.08. The Kier molecular flexibility index (Phi) is 7.20.